The van der Waals surface area contributed by atoms with E-state index < -0.39 is 5.97 Å². The van der Waals surface area contributed by atoms with Crippen LogP contribution in [0.4, 0.5) is 0 Å². The molecule has 0 aromatic carbocycles. The van der Waals surface area contributed by atoms with E-state index in [0.717, 1.165) is 12.8 Å². The second-order valence-electron chi connectivity index (χ2n) is 3.33. The number of nitrogens with one attached hydrogen (secondary N) is 1. The predicted molar refractivity (Wildman–Crippen MR) is 50.3 cm³/mol. The van der Waals surface area contributed by atoms with Gasteiger partial charge in [-0.05, 0) is 13.3 Å². The Bertz CT molecular complexity index is 186. The van der Waals surface area contributed by atoms with Gasteiger partial charge in [0.15, 0.2) is 0 Å². The van der Waals surface area contributed by atoms with Gasteiger partial charge in [0, 0.05) is 5.75 Å². The fourth-order valence-electron chi connectivity index (χ4n) is 1.47. The van der Waals surface area contributed by atoms with Gasteiger partial charge in [0.05, 0.1) is 4.87 Å². The molecule has 12 heavy (non-hydrogen) atoms. The zero-order valence-corrected chi connectivity index (χ0v) is 8.28. The molecule has 2 atom stereocenters. The minimum absolute atomic E-state index is 0.0161. The van der Waals surface area contributed by atoms with Crippen LogP contribution in [0.2, 0.25) is 0 Å². The van der Waals surface area contributed by atoms with Crippen molar-refractivity contribution in [1.82, 2.24) is 5.32 Å². The van der Waals surface area contributed by atoms with Crippen LogP contribution in [0.1, 0.15) is 26.7 Å². The van der Waals surface area contributed by atoms with Gasteiger partial charge in [-0.1, -0.05) is 13.3 Å². The molecule has 0 bridgehead atoms. The molecule has 0 radical (unpaired) electrons. The Hall–Kier alpha value is -0.220. The Kier molecular flexibility index (Phi) is 3.01. The van der Waals surface area contributed by atoms with Gasteiger partial charge in [-0.2, -0.15) is 0 Å². The number of hydrogen-bond acceptors (Lipinski definition) is 3. The molecule has 0 aromatic rings. The molecule has 0 aromatic heterocycles. The van der Waals surface area contributed by atoms with E-state index >= 15 is 0 Å². The summed E-state index contributed by atoms with van der Waals surface area (Å²) in [7, 11) is 0. The minimum atomic E-state index is -0.734. The Balaban J connectivity index is 2.48. The van der Waals surface area contributed by atoms with Crippen LogP contribution in [-0.4, -0.2) is 27.7 Å². The number of carbonyl (C=O) groups is 1. The smallest absolute Gasteiger partial charge is 0.321 e. The molecule has 1 aliphatic rings. The fraction of sp³-hybridized carbons (Fsp3) is 0.875. The average Bonchev–Trinajstić information content (AvgIpc) is 2.33. The predicted octanol–water partition coefficient (Wildman–Crippen LogP) is 1.29. The summed E-state index contributed by atoms with van der Waals surface area (Å²) in [5.74, 6) is -0.0476. The maximum Gasteiger partial charge on any atom is 0.321 e. The molecule has 1 rings (SSSR count). The van der Waals surface area contributed by atoms with Gasteiger partial charge >= 0.3 is 5.97 Å². The standard InChI is InChI=1S/C8H15NO2S/c1-3-4-8(2)9-6(5-12-8)7(10)11/h6,9H,3-5H2,1-2H3,(H,10,11)/t6-,8?/m1/s1. The molecule has 1 saturated heterocycles. The van der Waals surface area contributed by atoms with E-state index in [1.54, 1.807) is 11.8 Å². The summed E-state index contributed by atoms with van der Waals surface area (Å²) in [6, 6.07) is -0.355. The van der Waals surface area contributed by atoms with Crippen molar-refractivity contribution in [1.29, 1.82) is 0 Å². The molecule has 2 N–H and O–H groups in total. The van der Waals surface area contributed by atoms with Crippen LogP contribution in [0.25, 0.3) is 0 Å². The van der Waals surface area contributed by atoms with Crippen molar-refractivity contribution < 1.29 is 9.90 Å². The van der Waals surface area contributed by atoms with Crippen LogP contribution in [0, 0.1) is 0 Å². The van der Waals surface area contributed by atoms with E-state index in [-0.39, 0.29) is 10.9 Å². The quantitative estimate of drug-likeness (QED) is 0.702. The van der Waals surface area contributed by atoms with Gasteiger partial charge < -0.3 is 5.11 Å². The molecule has 70 valence electrons. The van der Waals surface area contributed by atoms with Crippen molar-refractivity contribution in [2.45, 2.75) is 37.6 Å². The zero-order valence-electron chi connectivity index (χ0n) is 7.46. The first-order valence-electron chi connectivity index (χ1n) is 4.22. The van der Waals surface area contributed by atoms with Crippen molar-refractivity contribution in [2.24, 2.45) is 0 Å². The highest BCUT2D eigenvalue weighted by molar-refractivity contribution is 8.00. The number of carboxylic acids is 1. The van der Waals surface area contributed by atoms with Gasteiger partial charge in [-0.3, -0.25) is 10.1 Å². The molecule has 1 aliphatic heterocycles. The second-order valence-corrected chi connectivity index (χ2v) is 4.85. The summed E-state index contributed by atoms with van der Waals surface area (Å²) in [5, 5.41) is 11.9. The van der Waals surface area contributed by atoms with E-state index in [0.29, 0.717) is 5.75 Å². The van der Waals surface area contributed by atoms with Crippen molar-refractivity contribution in [3.63, 3.8) is 0 Å². The summed E-state index contributed by atoms with van der Waals surface area (Å²) in [5.41, 5.74) is 0. The van der Waals surface area contributed by atoms with Crippen molar-refractivity contribution in [3.8, 4) is 0 Å². The molecule has 0 spiro atoms. The van der Waals surface area contributed by atoms with Crippen LogP contribution < -0.4 is 5.32 Å². The normalized spacial score (nSPS) is 35.3. The third kappa shape index (κ3) is 2.14. The van der Waals surface area contributed by atoms with E-state index in [1.807, 2.05) is 0 Å². The van der Waals surface area contributed by atoms with Gasteiger partial charge in [0.2, 0.25) is 0 Å². The van der Waals surface area contributed by atoms with E-state index in [1.165, 1.54) is 0 Å². The first kappa shape index (κ1) is 9.86. The van der Waals surface area contributed by atoms with Gasteiger partial charge in [0.25, 0.3) is 0 Å². The third-order valence-electron chi connectivity index (χ3n) is 2.07. The average molecular weight is 189 g/mol. The summed E-state index contributed by atoms with van der Waals surface area (Å²) in [4.78, 5) is 10.6. The Morgan fingerprint density at radius 2 is 2.50 bits per heavy atom. The highest BCUT2D eigenvalue weighted by Crippen LogP contribution is 2.33. The van der Waals surface area contributed by atoms with Crippen molar-refractivity contribution >= 4 is 17.7 Å². The fourth-order valence-corrected chi connectivity index (χ4v) is 2.81. The summed E-state index contributed by atoms with van der Waals surface area (Å²) in [6.07, 6.45) is 2.12. The molecule has 1 unspecified atom stereocenters. The summed E-state index contributed by atoms with van der Waals surface area (Å²) in [6.45, 7) is 4.19. The van der Waals surface area contributed by atoms with Gasteiger partial charge in [-0.15, -0.1) is 11.8 Å². The van der Waals surface area contributed by atoms with E-state index in [4.69, 9.17) is 5.11 Å². The monoisotopic (exact) mass is 189 g/mol. The number of aliphatic carboxylic acids is 1. The molecule has 0 aliphatic carbocycles. The molecule has 1 fully saturated rings. The lowest BCUT2D eigenvalue weighted by atomic mass is 10.1. The van der Waals surface area contributed by atoms with E-state index in [2.05, 4.69) is 19.2 Å². The molecule has 1 heterocycles. The maximum absolute atomic E-state index is 10.6. The van der Waals surface area contributed by atoms with Gasteiger partial charge in [-0.25, -0.2) is 0 Å². The Labute approximate surface area is 76.9 Å². The number of carboxylic acid groups (broad SMARTS) is 1. The Morgan fingerprint density at radius 3 is 2.92 bits per heavy atom. The second kappa shape index (κ2) is 3.66. The van der Waals surface area contributed by atoms with E-state index in [9.17, 15) is 4.79 Å². The maximum atomic E-state index is 10.6. The van der Waals surface area contributed by atoms with Crippen molar-refractivity contribution in [3.05, 3.63) is 0 Å². The first-order valence-corrected chi connectivity index (χ1v) is 5.20. The SMILES string of the molecule is CCCC1(C)N[C@@H](C(=O)O)CS1. The zero-order chi connectivity index (χ0) is 9.19. The van der Waals surface area contributed by atoms with Crippen LogP contribution in [0.5, 0.6) is 0 Å². The highest BCUT2D eigenvalue weighted by Gasteiger charge is 2.37. The molecular formula is C8H15NO2S. The molecular weight excluding hydrogens is 174 g/mol. The third-order valence-corrected chi connectivity index (χ3v) is 3.53. The first-order chi connectivity index (χ1) is 5.57. The minimum Gasteiger partial charge on any atom is -0.480 e. The Morgan fingerprint density at radius 1 is 1.83 bits per heavy atom. The number of rotatable bonds is 3. The molecule has 3 nitrogen and oxygen atoms in total. The number of thioether (sulfide) groups is 1. The topological polar surface area (TPSA) is 49.3 Å². The summed E-state index contributed by atoms with van der Waals surface area (Å²) >= 11 is 1.71. The van der Waals surface area contributed by atoms with Crippen molar-refractivity contribution in [2.75, 3.05) is 5.75 Å². The highest BCUT2D eigenvalue weighted by atomic mass is 32.2. The van der Waals surface area contributed by atoms with Gasteiger partial charge in [0.1, 0.15) is 6.04 Å². The van der Waals surface area contributed by atoms with Crippen LogP contribution in [0.15, 0.2) is 0 Å². The molecule has 0 saturated carbocycles. The van der Waals surface area contributed by atoms with Crippen LogP contribution in [0.3, 0.4) is 0 Å². The number of hydrogen-bond donors (Lipinski definition) is 2. The summed E-state index contributed by atoms with van der Waals surface area (Å²) < 4.78 is 0. The molecule has 4 heteroatoms. The van der Waals surface area contributed by atoms with Crippen LogP contribution >= 0.6 is 11.8 Å². The largest absolute Gasteiger partial charge is 0.480 e. The lowest BCUT2D eigenvalue weighted by Crippen LogP contribution is -2.43. The van der Waals surface area contributed by atoms with Crippen LogP contribution in [-0.2, 0) is 4.79 Å². The molecule has 0 amide bonds. The lowest BCUT2D eigenvalue weighted by Gasteiger charge is -2.23. The lowest BCUT2D eigenvalue weighted by molar-refractivity contribution is -0.138.